The molecule has 2 aliphatic carbocycles. The van der Waals surface area contributed by atoms with E-state index in [2.05, 4.69) is 6.92 Å². The zero-order valence-corrected chi connectivity index (χ0v) is 11.5. The number of rotatable bonds is 4. The van der Waals surface area contributed by atoms with Gasteiger partial charge in [0, 0.05) is 19.0 Å². The molecule has 2 fully saturated rings. The second-order valence-corrected chi connectivity index (χ2v) is 6.00. The van der Waals surface area contributed by atoms with E-state index in [1.54, 1.807) is 12.1 Å². The molecule has 0 radical (unpaired) electrons. The lowest BCUT2D eigenvalue weighted by molar-refractivity contribution is -0.133. The van der Waals surface area contributed by atoms with Crippen molar-refractivity contribution in [3.05, 3.63) is 35.6 Å². The Labute approximate surface area is 113 Å². The molecule has 102 valence electrons. The Balaban J connectivity index is 1.66. The fourth-order valence-corrected chi connectivity index (χ4v) is 2.94. The maximum atomic E-state index is 13.7. The molecule has 2 saturated carbocycles. The third-order valence-corrected chi connectivity index (χ3v) is 4.68. The van der Waals surface area contributed by atoms with E-state index in [0.29, 0.717) is 17.5 Å². The molecule has 19 heavy (non-hydrogen) atoms. The third kappa shape index (κ3) is 2.38. The predicted octanol–water partition coefficient (Wildman–Crippen LogP) is 3.19. The summed E-state index contributed by atoms with van der Waals surface area (Å²) < 4.78 is 13.7. The van der Waals surface area contributed by atoms with E-state index in [4.69, 9.17) is 0 Å². The minimum atomic E-state index is -0.180. The lowest BCUT2D eigenvalue weighted by Gasteiger charge is -2.25. The molecule has 0 heterocycles. The molecule has 1 amide bonds. The fraction of sp³-hybridized carbons (Fsp3) is 0.562. The Bertz CT molecular complexity index is 497. The molecule has 3 rings (SSSR count). The number of amides is 1. The van der Waals surface area contributed by atoms with Crippen molar-refractivity contribution in [2.45, 2.75) is 38.1 Å². The average Bonchev–Trinajstić information content (AvgIpc) is 3.29. The topological polar surface area (TPSA) is 20.3 Å². The Morgan fingerprint density at radius 2 is 2.05 bits per heavy atom. The Morgan fingerprint density at radius 3 is 2.68 bits per heavy atom. The van der Waals surface area contributed by atoms with Crippen LogP contribution < -0.4 is 0 Å². The number of benzene rings is 1. The molecule has 0 N–H and O–H groups in total. The van der Waals surface area contributed by atoms with E-state index in [9.17, 15) is 9.18 Å². The van der Waals surface area contributed by atoms with Crippen molar-refractivity contribution < 1.29 is 9.18 Å². The fourth-order valence-electron chi connectivity index (χ4n) is 2.94. The van der Waals surface area contributed by atoms with Crippen LogP contribution in [-0.2, 0) is 4.79 Å². The van der Waals surface area contributed by atoms with Gasteiger partial charge in [0.1, 0.15) is 5.82 Å². The Hall–Kier alpha value is -1.38. The molecule has 0 spiro atoms. The van der Waals surface area contributed by atoms with Crippen LogP contribution >= 0.6 is 0 Å². The molecule has 2 nitrogen and oxygen atoms in total. The van der Waals surface area contributed by atoms with Crippen LogP contribution in [0.5, 0.6) is 0 Å². The summed E-state index contributed by atoms with van der Waals surface area (Å²) in [4.78, 5) is 14.3. The molecule has 2 aliphatic rings. The standard InChI is InChI=1S/C16H20FNO/c1-10(11-7-8-11)18(2)16(19)14-9-13(14)12-5-3-4-6-15(12)17/h3-6,10-11,13-14H,7-9H2,1-2H3. The minimum absolute atomic E-state index is 0.0110. The highest BCUT2D eigenvalue weighted by atomic mass is 19.1. The summed E-state index contributed by atoms with van der Waals surface area (Å²) in [7, 11) is 1.89. The van der Waals surface area contributed by atoms with Crippen molar-refractivity contribution in [1.29, 1.82) is 0 Å². The molecule has 3 atom stereocenters. The van der Waals surface area contributed by atoms with Gasteiger partial charge in [0.25, 0.3) is 0 Å². The van der Waals surface area contributed by atoms with Gasteiger partial charge in [-0.2, -0.15) is 0 Å². The Morgan fingerprint density at radius 1 is 1.37 bits per heavy atom. The van der Waals surface area contributed by atoms with Crippen molar-refractivity contribution in [1.82, 2.24) is 4.90 Å². The van der Waals surface area contributed by atoms with Gasteiger partial charge in [-0.05, 0) is 49.7 Å². The van der Waals surface area contributed by atoms with Crippen LogP contribution in [0.15, 0.2) is 24.3 Å². The summed E-state index contributed by atoms with van der Waals surface area (Å²) in [6, 6.07) is 7.15. The van der Waals surface area contributed by atoms with Crippen LogP contribution in [0.3, 0.4) is 0 Å². The molecule has 0 aliphatic heterocycles. The lowest BCUT2D eigenvalue weighted by atomic mass is 10.1. The number of carbonyl (C=O) groups is 1. The van der Waals surface area contributed by atoms with Gasteiger partial charge in [-0.1, -0.05) is 18.2 Å². The van der Waals surface area contributed by atoms with E-state index in [-0.39, 0.29) is 23.6 Å². The van der Waals surface area contributed by atoms with Crippen LogP contribution in [0, 0.1) is 17.7 Å². The van der Waals surface area contributed by atoms with Crippen LogP contribution in [0.25, 0.3) is 0 Å². The zero-order valence-electron chi connectivity index (χ0n) is 11.5. The minimum Gasteiger partial charge on any atom is -0.343 e. The van der Waals surface area contributed by atoms with Gasteiger partial charge in [-0.3, -0.25) is 4.79 Å². The van der Waals surface area contributed by atoms with Gasteiger partial charge in [-0.25, -0.2) is 4.39 Å². The summed E-state index contributed by atoms with van der Waals surface area (Å²) in [6.07, 6.45) is 3.27. The molecule has 3 unspecified atom stereocenters. The largest absolute Gasteiger partial charge is 0.343 e. The summed E-state index contributed by atoms with van der Waals surface area (Å²) in [6.45, 7) is 2.12. The molecule has 0 aromatic heterocycles. The summed E-state index contributed by atoms with van der Waals surface area (Å²) in [5, 5.41) is 0. The van der Waals surface area contributed by atoms with Crippen molar-refractivity contribution >= 4 is 5.91 Å². The van der Waals surface area contributed by atoms with Gasteiger partial charge in [0.15, 0.2) is 0 Å². The molecule has 0 saturated heterocycles. The molecule has 1 aromatic rings. The molecular weight excluding hydrogens is 241 g/mol. The maximum Gasteiger partial charge on any atom is 0.226 e. The van der Waals surface area contributed by atoms with Crippen molar-refractivity contribution in [2.75, 3.05) is 7.05 Å². The van der Waals surface area contributed by atoms with Crippen molar-refractivity contribution in [3.63, 3.8) is 0 Å². The average molecular weight is 261 g/mol. The first-order chi connectivity index (χ1) is 9.09. The van der Waals surface area contributed by atoms with Gasteiger partial charge in [0.05, 0.1) is 0 Å². The van der Waals surface area contributed by atoms with Crippen LogP contribution in [0.2, 0.25) is 0 Å². The number of nitrogens with zero attached hydrogens (tertiary/aromatic N) is 1. The van der Waals surface area contributed by atoms with Crippen molar-refractivity contribution in [2.24, 2.45) is 11.8 Å². The molecule has 1 aromatic carbocycles. The normalized spacial score (nSPS) is 26.9. The van der Waals surface area contributed by atoms with E-state index in [1.807, 2.05) is 18.0 Å². The van der Waals surface area contributed by atoms with Gasteiger partial charge < -0.3 is 4.90 Å². The summed E-state index contributed by atoms with van der Waals surface area (Å²) >= 11 is 0. The van der Waals surface area contributed by atoms with E-state index < -0.39 is 0 Å². The SMILES string of the molecule is CC(C1CC1)N(C)C(=O)C1CC1c1ccccc1F. The number of carbonyl (C=O) groups excluding carboxylic acids is 1. The monoisotopic (exact) mass is 261 g/mol. The van der Waals surface area contributed by atoms with Gasteiger partial charge in [0.2, 0.25) is 5.91 Å². The maximum absolute atomic E-state index is 13.7. The number of halogens is 1. The quantitative estimate of drug-likeness (QED) is 0.815. The van der Waals surface area contributed by atoms with Gasteiger partial charge >= 0.3 is 0 Å². The second kappa shape index (κ2) is 4.62. The first kappa shape index (κ1) is 12.6. The first-order valence-electron chi connectivity index (χ1n) is 7.10. The van der Waals surface area contributed by atoms with E-state index >= 15 is 0 Å². The highest BCUT2D eigenvalue weighted by Crippen LogP contribution is 2.49. The molecule has 0 bridgehead atoms. The predicted molar refractivity (Wildman–Crippen MR) is 72.2 cm³/mol. The summed E-state index contributed by atoms with van der Waals surface area (Å²) in [5.41, 5.74) is 0.702. The van der Waals surface area contributed by atoms with Crippen LogP contribution in [0.1, 0.15) is 37.7 Å². The third-order valence-electron chi connectivity index (χ3n) is 4.68. The zero-order chi connectivity index (χ0) is 13.6. The second-order valence-electron chi connectivity index (χ2n) is 6.00. The van der Waals surface area contributed by atoms with Gasteiger partial charge in [-0.15, -0.1) is 0 Å². The smallest absolute Gasteiger partial charge is 0.226 e. The van der Waals surface area contributed by atoms with Crippen LogP contribution in [0.4, 0.5) is 4.39 Å². The molecule has 3 heteroatoms. The Kier molecular flexibility index (Phi) is 3.08. The highest BCUT2D eigenvalue weighted by molar-refractivity contribution is 5.83. The number of hydrogen-bond donors (Lipinski definition) is 0. The number of hydrogen-bond acceptors (Lipinski definition) is 1. The van der Waals surface area contributed by atoms with E-state index in [1.165, 1.54) is 18.9 Å². The highest BCUT2D eigenvalue weighted by Gasteiger charge is 2.47. The summed E-state index contributed by atoms with van der Waals surface area (Å²) in [5.74, 6) is 0.763. The van der Waals surface area contributed by atoms with Crippen LogP contribution in [-0.4, -0.2) is 23.9 Å². The van der Waals surface area contributed by atoms with Crippen molar-refractivity contribution in [3.8, 4) is 0 Å². The van der Waals surface area contributed by atoms with E-state index in [0.717, 1.165) is 6.42 Å². The molecular formula is C16H20FNO. The lowest BCUT2D eigenvalue weighted by Crippen LogP contribution is -2.37. The first-order valence-corrected chi connectivity index (χ1v) is 7.10.